The van der Waals surface area contributed by atoms with E-state index in [0.717, 1.165) is 50.7 Å². The fourth-order valence-electron chi connectivity index (χ4n) is 3.59. The fourth-order valence-corrected chi connectivity index (χ4v) is 3.59. The lowest BCUT2D eigenvalue weighted by molar-refractivity contribution is 0.0900. The van der Waals surface area contributed by atoms with Gasteiger partial charge >= 0.3 is 0 Å². The molecule has 1 atom stereocenters. The SMILES string of the molecule is C/C=C(\C)CN1CCc2nnc([C@@H](CC(C)C)NC(=O)c3ccco3)n2CC1. The van der Waals surface area contributed by atoms with Crippen LogP contribution in [0.2, 0.25) is 0 Å². The van der Waals surface area contributed by atoms with E-state index in [0.29, 0.717) is 11.7 Å². The molecule has 1 aliphatic rings. The summed E-state index contributed by atoms with van der Waals surface area (Å²) in [5, 5.41) is 12.0. The molecule has 1 amide bonds. The Kier molecular flexibility index (Phi) is 6.67. The van der Waals surface area contributed by atoms with E-state index in [4.69, 9.17) is 4.42 Å². The average molecular weight is 386 g/mol. The Labute approximate surface area is 166 Å². The van der Waals surface area contributed by atoms with Crippen molar-refractivity contribution in [3.05, 3.63) is 47.5 Å². The first-order valence-corrected chi connectivity index (χ1v) is 10.1. The number of carbonyl (C=O) groups is 1. The van der Waals surface area contributed by atoms with Crippen molar-refractivity contribution >= 4 is 5.91 Å². The van der Waals surface area contributed by atoms with Crippen LogP contribution in [0.5, 0.6) is 0 Å². The van der Waals surface area contributed by atoms with Crippen LogP contribution in [0.15, 0.2) is 34.5 Å². The van der Waals surface area contributed by atoms with Gasteiger partial charge < -0.3 is 14.3 Å². The number of aromatic nitrogens is 3. The molecule has 0 aromatic carbocycles. The highest BCUT2D eigenvalue weighted by molar-refractivity contribution is 5.91. The quantitative estimate of drug-likeness (QED) is 0.741. The van der Waals surface area contributed by atoms with Crippen molar-refractivity contribution in [1.82, 2.24) is 25.0 Å². The third kappa shape index (κ3) is 4.90. The first-order valence-electron chi connectivity index (χ1n) is 10.1. The number of amides is 1. The first-order chi connectivity index (χ1) is 13.5. The monoisotopic (exact) mass is 385 g/mol. The average Bonchev–Trinajstić information content (AvgIpc) is 3.29. The van der Waals surface area contributed by atoms with E-state index in [-0.39, 0.29) is 11.9 Å². The fraction of sp³-hybridized carbons (Fsp3) is 0.571. The summed E-state index contributed by atoms with van der Waals surface area (Å²) in [5.41, 5.74) is 1.38. The molecule has 2 aromatic rings. The first kappa shape index (κ1) is 20.3. The Morgan fingerprint density at radius 3 is 2.82 bits per heavy atom. The molecule has 0 saturated carbocycles. The van der Waals surface area contributed by atoms with Crippen LogP contribution < -0.4 is 5.32 Å². The minimum Gasteiger partial charge on any atom is -0.459 e. The molecule has 1 aliphatic heterocycles. The standard InChI is InChI=1S/C21H31N5O2/c1-5-16(4)14-25-9-8-19-23-24-20(26(19)11-10-25)17(13-15(2)3)22-21(27)18-7-6-12-28-18/h5-7,12,15,17H,8-11,13-14H2,1-4H3,(H,22,27)/b16-5+/t17-/m1/s1. The molecule has 0 radical (unpaired) electrons. The van der Waals surface area contributed by atoms with Gasteiger partial charge in [0.05, 0.1) is 12.3 Å². The van der Waals surface area contributed by atoms with Crippen molar-refractivity contribution in [2.24, 2.45) is 5.92 Å². The summed E-state index contributed by atoms with van der Waals surface area (Å²) in [6.45, 7) is 12.3. The van der Waals surface area contributed by atoms with Gasteiger partial charge in [-0.15, -0.1) is 10.2 Å². The van der Waals surface area contributed by atoms with Gasteiger partial charge in [-0.05, 0) is 38.3 Å². The minimum atomic E-state index is -0.216. The van der Waals surface area contributed by atoms with Crippen LogP contribution in [0.3, 0.4) is 0 Å². The molecule has 152 valence electrons. The van der Waals surface area contributed by atoms with Gasteiger partial charge in [-0.2, -0.15) is 0 Å². The van der Waals surface area contributed by atoms with Crippen LogP contribution in [-0.2, 0) is 13.0 Å². The van der Waals surface area contributed by atoms with Gasteiger partial charge in [0.2, 0.25) is 0 Å². The number of fused-ring (bicyclic) bond motifs is 1. The summed E-state index contributed by atoms with van der Waals surface area (Å²) in [7, 11) is 0. The van der Waals surface area contributed by atoms with E-state index in [9.17, 15) is 4.79 Å². The molecule has 0 fully saturated rings. The van der Waals surface area contributed by atoms with Crippen molar-refractivity contribution < 1.29 is 9.21 Å². The van der Waals surface area contributed by atoms with Gasteiger partial charge in [0, 0.05) is 32.6 Å². The number of nitrogens with one attached hydrogen (secondary N) is 1. The largest absolute Gasteiger partial charge is 0.459 e. The third-order valence-corrected chi connectivity index (χ3v) is 5.18. The highest BCUT2D eigenvalue weighted by Crippen LogP contribution is 2.23. The number of allylic oxidation sites excluding steroid dienone is 1. The molecule has 0 unspecified atom stereocenters. The van der Waals surface area contributed by atoms with Crippen molar-refractivity contribution in [2.45, 2.75) is 53.1 Å². The van der Waals surface area contributed by atoms with Crippen LogP contribution in [0.25, 0.3) is 0 Å². The van der Waals surface area contributed by atoms with Gasteiger partial charge in [0.25, 0.3) is 5.91 Å². The molecule has 0 saturated heterocycles. The molecule has 3 heterocycles. The van der Waals surface area contributed by atoms with Gasteiger partial charge in [-0.25, -0.2) is 0 Å². The second-order valence-corrected chi connectivity index (χ2v) is 7.92. The summed E-state index contributed by atoms with van der Waals surface area (Å²) < 4.78 is 7.44. The Morgan fingerprint density at radius 2 is 2.14 bits per heavy atom. The Balaban J connectivity index is 1.78. The Hall–Kier alpha value is -2.41. The zero-order valence-corrected chi connectivity index (χ0v) is 17.3. The van der Waals surface area contributed by atoms with Gasteiger partial charge in [0.1, 0.15) is 5.82 Å². The van der Waals surface area contributed by atoms with E-state index < -0.39 is 0 Å². The highest BCUT2D eigenvalue weighted by atomic mass is 16.3. The topological polar surface area (TPSA) is 76.2 Å². The molecule has 1 N–H and O–H groups in total. The maximum atomic E-state index is 12.6. The van der Waals surface area contributed by atoms with Crippen LogP contribution in [0, 0.1) is 5.92 Å². The molecular formula is C21H31N5O2. The normalized spacial score (nSPS) is 16.7. The van der Waals surface area contributed by atoms with E-state index in [1.54, 1.807) is 12.1 Å². The number of carbonyl (C=O) groups excluding carboxylic acids is 1. The van der Waals surface area contributed by atoms with Crippen molar-refractivity contribution in [2.75, 3.05) is 19.6 Å². The summed E-state index contributed by atoms with van der Waals surface area (Å²) in [4.78, 5) is 15.0. The lowest BCUT2D eigenvalue weighted by Gasteiger charge is -2.22. The van der Waals surface area contributed by atoms with Gasteiger partial charge in [-0.3, -0.25) is 9.69 Å². The zero-order chi connectivity index (χ0) is 20.1. The molecule has 7 nitrogen and oxygen atoms in total. The molecular weight excluding hydrogens is 354 g/mol. The van der Waals surface area contributed by atoms with Crippen LogP contribution >= 0.6 is 0 Å². The third-order valence-electron chi connectivity index (χ3n) is 5.18. The van der Waals surface area contributed by atoms with E-state index in [1.165, 1.54) is 11.8 Å². The Bertz CT molecular complexity index is 807. The van der Waals surface area contributed by atoms with Gasteiger partial charge in [-0.1, -0.05) is 25.5 Å². The second kappa shape index (κ2) is 9.19. The molecule has 0 bridgehead atoms. The van der Waals surface area contributed by atoms with E-state index in [1.807, 2.05) is 0 Å². The number of furan rings is 1. The lowest BCUT2D eigenvalue weighted by atomic mass is 10.0. The molecule has 7 heteroatoms. The molecule has 3 rings (SSSR count). The number of nitrogens with zero attached hydrogens (tertiary/aromatic N) is 4. The predicted octanol–water partition coefficient (Wildman–Crippen LogP) is 3.21. The molecule has 0 aliphatic carbocycles. The molecule has 2 aromatic heterocycles. The van der Waals surface area contributed by atoms with Gasteiger partial charge in [0.15, 0.2) is 11.6 Å². The van der Waals surface area contributed by atoms with Crippen molar-refractivity contribution in [3.63, 3.8) is 0 Å². The molecule has 0 spiro atoms. The summed E-state index contributed by atoms with van der Waals surface area (Å²) in [6, 6.07) is 3.20. The lowest BCUT2D eigenvalue weighted by Crippen LogP contribution is -2.32. The zero-order valence-electron chi connectivity index (χ0n) is 17.3. The number of rotatable bonds is 7. The van der Waals surface area contributed by atoms with E-state index in [2.05, 4.69) is 58.8 Å². The van der Waals surface area contributed by atoms with Crippen molar-refractivity contribution in [1.29, 1.82) is 0 Å². The number of hydrogen-bond acceptors (Lipinski definition) is 5. The summed E-state index contributed by atoms with van der Waals surface area (Å²) in [5.74, 6) is 2.35. The smallest absolute Gasteiger partial charge is 0.287 e. The predicted molar refractivity (Wildman–Crippen MR) is 108 cm³/mol. The minimum absolute atomic E-state index is 0.192. The maximum absolute atomic E-state index is 12.6. The second-order valence-electron chi connectivity index (χ2n) is 7.92. The maximum Gasteiger partial charge on any atom is 0.287 e. The summed E-state index contributed by atoms with van der Waals surface area (Å²) in [6.07, 6.45) is 5.34. The van der Waals surface area contributed by atoms with Crippen LogP contribution in [0.4, 0.5) is 0 Å². The van der Waals surface area contributed by atoms with Crippen molar-refractivity contribution in [3.8, 4) is 0 Å². The van der Waals surface area contributed by atoms with Crippen LogP contribution in [-0.4, -0.2) is 45.2 Å². The molecule has 28 heavy (non-hydrogen) atoms. The number of hydrogen-bond donors (Lipinski definition) is 1. The van der Waals surface area contributed by atoms with Crippen LogP contribution in [0.1, 0.15) is 62.4 Å². The summed E-state index contributed by atoms with van der Waals surface area (Å²) >= 11 is 0. The Morgan fingerprint density at radius 1 is 1.32 bits per heavy atom. The highest BCUT2D eigenvalue weighted by Gasteiger charge is 2.26. The van der Waals surface area contributed by atoms with E-state index >= 15 is 0 Å².